The lowest BCUT2D eigenvalue weighted by Gasteiger charge is -2.07. The van der Waals surface area contributed by atoms with Crippen LogP contribution in [-0.4, -0.2) is 25.4 Å². The van der Waals surface area contributed by atoms with Crippen molar-refractivity contribution < 1.29 is 19.7 Å². The number of non-ortho nitro benzene ring substituents is 2. The van der Waals surface area contributed by atoms with Crippen molar-refractivity contribution in [2.24, 2.45) is 10.2 Å². The molecule has 0 saturated heterocycles. The van der Waals surface area contributed by atoms with Crippen LogP contribution >= 0.6 is 11.6 Å². The molecule has 3 aromatic carbocycles. The molecule has 0 aliphatic rings. The number of aromatic hydroxyl groups is 1. The lowest BCUT2D eigenvalue weighted by molar-refractivity contribution is -0.385. The van der Waals surface area contributed by atoms with Gasteiger partial charge in [-0.2, -0.15) is 0 Å². The third-order valence-electron chi connectivity index (χ3n) is 5.02. The Labute approximate surface area is 195 Å². The van der Waals surface area contributed by atoms with E-state index in [1.807, 2.05) is 30.3 Å². The van der Waals surface area contributed by atoms with Gasteiger partial charge in [0.25, 0.3) is 17.3 Å². The number of rotatable bonds is 6. The number of amides is 1. The van der Waals surface area contributed by atoms with Crippen LogP contribution in [0.1, 0.15) is 15.9 Å². The maximum atomic E-state index is 12.5. The fourth-order valence-corrected chi connectivity index (χ4v) is 3.65. The molecule has 0 unspecified atom stereocenters. The number of carbonyl (C=O) groups is 1. The first-order valence-electron chi connectivity index (χ1n) is 9.70. The van der Waals surface area contributed by atoms with E-state index in [0.717, 1.165) is 23.8 Å². The molecule has 12 heteroatoms. The van der Waals surface area contributed by atoms with Crippen LogP contribution in [-0.2, 0) is 6.54 Å². The number of fused-ring (bicyclic) bond motifs is 1. The zero-order valence-electron chi connectivity index (χ0n) is 17.2. The Hall–Kier alpha value is -4.64. The van der Waals surface area contributed by atoms with Crippen LogP contribution in [0, 0.1) is 20.2 Å². The van der Waals surface area contributed by atoms with Gasteiger partial charge in [0.1, 0.15) is 0 Å². The summed E-state index contributed by atoms with van der Waals surface area (Å²) in [4.78, 5) is 33.4. The van der Waals surface area contributed by atoms with Gasteiger partial charge in [0, 0.05) is 29.7 Å². The zero-order chi connectivity index (χ0) is 24.4. The molecule has 0 atom stereocenters. The summed E-state index contributed by atoms with van der Waals surface area (Å²) in [5.41, 5.74) is 0.500. The standard InChI is InChI=1S/C22H14ClN5O6/c23-18-11-15(28(33)34)6-8-16(18)21(29)25-24-20-17-10-14(27(31)32)7-9-19(17)26(22(20)30)12-13-4-2-1-3-5-13/h1-11,30H,12H2. The van der Waals surface area contributed by atoms with E-state index in [9.17, 15) is 30.1 Å². The molecule has 0 saturated carbocycles. The van der Waals surface area contributed by atoms with E-state index in [1.165, 1.54) is 22.8 Å². The van der Waals surface area contributed by atoms with E-state index in [1.54, 1.807) is 0 Å². The quantitative estimate of drug-likeness (QED) is 0.210. The smallest absolute Gasteiger partial charge is 0.296 e. The number of azo groups is 1. The average Bonchev–Trinajstić information content (AvgIpc) is 3.08. The monoisotopic (exact) mass is 479 g/mol. The highest BCUT2D eigenvalue weighted by Crippen LogP contribution is 2.41. The van der Waals surface area contributed by atoms with Gasteiger partial charge in [0.05, 0.1) is 32.5 Å². The first kappa shape index (κ1) is 22.6. The molecule has 0 fully saturated rings. The molecule has 34 heavy (non-hydrogen) atoms. The normalized spacial score (nSPS) is 11.2. The molecule has 170 valence electrons. The summed E-state index contributed by atoms with van der Waals surface area (Å²) < 4.78 is 1.49. The fourth-order valence-electron chi connectivity index (χ4n) is 3.39. The van der Waals surface area contributed by atoms with Crippen molar-refractivity contribution in [1.82, 2.24) is 4.57 Å². The molecule has 1 aromatic heterocycles. The van der Waals surface area contributed by atoms with Crippen molar-refractivity contribution >= 4 is 45.5 Å². The molecule has 1 heterocycles. The predicted molar refractivity (Wildman–Crippen MR) is 123 cm³/mol. The minimum atomic E-state index is -0.909. The van der Waals surface area contributed by atoms with Crippen molar-refractivity contribution in [2.75, 3.05) is 0 Å². The molecule has 0 bridgehead atoms. The van der Waals surface area contributed by atoms with Crippen LogP contribution in [0.15, 0.2) is 77.0 Å². The molecule has 4 rings (SSSR count). The summed E-state index contributed by atoms with van der Waals surface area (Å²) in [6.45, 7) is 0.235. The highest BCUT2D eigenvalue weighted by molar-refractivity contribution is 6.34. The molecule has 0 spiro atoms. The Kier molecular flexibility index (Phi) is 6.02. The van der Waals surface area contributed by atoms with E-state index < -0.39 is 15.8 Å². The SMILES string of the molecule is O=C(N=Nc1c(O)n(Cc2ccccc2)c2ccc([N+](=O)[O-])cc12)c1ccc([N+](=O)[O-])cc1Cl. The van der Waals surface area contributed by atoms with Gasteiger partial charge in [-0.15, -0.1) is 10.2 Å². The van der Waals surface area contributed by atoms with Crippen LogP contribution in [0.3, 0.4) is 0 Å². The number of benzene rings is 3. The average molecular weight is 480 g/mol. The summed E-state index contributed by atoms with van der Waals surface area (Å²) in [7, 11) is 0. The topological polar surface area (TPSA) is 153 Å². The summed E-state index contributed by atoms with van der Waals surface area (Å²) in [6, 6.07) is 16.4. The van der Waals surface area contributed by atoms with Crippen molar-refractivity contribution in [1.29, 1.82) is 0 Å². The van der Waals surface area contributed by atoms with E-state index in [-0.39, 0.29) is 45.5 Å². The fraction of sp³-hybridized carbons (Fsp3) is 0.0455. The van der Waals surface area contributed by atoms with Crippen molar-refractivity contribution in [3.63, 3.8) is 0 Å². The number of hydrogen-bond donors (Lipinski definition) is 1. The molecular formula is C22H14ClN5O6. The Morgan fingerprint density at radius 3 is 2.26 bits per heavy atom. The third kappa shape index (κ3) is 4.32. The maximum Gasteiger partial charge on any atom is 0.296 e. The lowest BCUT2D eigenvalue weighted by Crippen LogP contribution is -1.98. The van der Waals surface area contributed by atoms with Gasteiger partial charge in [-0.1, -0.05) is 41.9 Å². The van der Waals surface area contributed by atoms with Crippen LogP contribution < -0.4 is 0 Å². The van der Waals surface area contributed by atoms with Gasteiger partial charge in [-0.3, -0.25) is 25.0 Å². The van der Waals surface area contributed by atoms with E-state index in [0.29, 0.717) is 5.52 Å². The number of halogens is 1. The van der Waals surface area contributed by atoms with Gasteiger partial charge in [0.15, 0.2) is 5.69 Å². The molecule has 0 aliphatic carbocycles. The molecule has 0 aliphatic heterocycles. The summed E-state index contributed by atoms with van der Waals surface area (Å²) in [5.74, 6) is -1.25. The number of hydrogen-bond acceptors (Lipinski definition) is 7. The van der Waals surface area contributed by atoms with Crippen molar-refractivity contribution in [3.05, 3.63) is 103 Å². The first-order chi connectivity index (χ1) is 16.3. The summed E-state index contributed by atoms with van der Waals surface area (Å²) in [5, 5.41) is 40.5. The van der Waals surface area contributed by atoms with Crippen LogP contribution in [0.5, 0.6) is 5.88 Å². The van der Waals surface area contributed by atoms with Crippen LogP contribution in [0.2, 0.25) is 5.02 Å². The molecule has 11 nitrogen and oxygen atoms in total. The Bertz CT molecular complexity index is 1480. The lowest BCUT2D eigenvalue weighted by atomic mass is 10.2. The van der Waals surface area contributed by atoms with Gasteiger partial charge in [-0.05, 0) is 17.7 Å². The number of nitro benzene ring substituents is 2. The summed E-state index contributed by atoms with van der Waals surface area (Å²) >= 11 is 5.97. The molecule has 1 amide bonds. The van der Waals surface area contributed by atoms with Crippen molar-refractivity contribution in [3.8, 4) is 5.88 Å². The first-order valence-corrected chi connectivity index (χ1v) is 10.1. The van der Waals surface area contributed by atoms with Gasteiger partial charge >= 0.3 is 0 Å². The third-order valence-corrected chi connectivity index (χ3v) is 5.34. The molecule has 1 N–H and O–H groups in total. The Morgan fingerprint density at radius 1 is 0.971 bits per heavy atom. The number of aromatic nitrogens is 1. The van der Waals surface area contributed by atoms with Crippen molar-refractivity contribution in [2.45, 2.75) is 6.54 Å². The van der Waals surface area contributed by atoms with E-state index in [2.05, 4.69) is 10.2 Å². The highest BCUT2D eigenvalue weighted by atomic mass is 35.5. The van der Waals surface area contributed by atoms with Gasteiger partial charge in [0.2, 0.25) is 5.88 Å². The zero-order valence-corrected chi connectivity index (χ0v) is 17.9. The van der Waals surface area contributed by atoms with Crippen LogP contribution in [0.25, 0.3) is 10.9 Å². The summed E-state index contributed by atoms with van der Waals surface area (Å²) in [6.07, 6.45) is 0. The van der Waals surface area contributed by atoms with Gasteiger partial charge in [-0.25, -0.2) is 0 Å². The minimum Gasteiger partial charge on any atom is -0.493 e. The number of nitro groups is 2. The largest absolute Gasteiger partial charge is 0.493 e. The second-order valence-electron chi connectivity index (χ2n) is 7.13. The molecular weight excluding hydrogens is 466 g/mol. The van der Waals surface area contributed by atoms with E-state index in [4.69, 9.17) is 11.6 Å². The maximum absolute atomic E-state index is 12.5. The second-order valence-corrected chi connectivity index (χ2v) is 7.54. The molecule has 4 aromatic rings. The number of nitrogens with zero attached hydrogens (tertiary/aromatic N) is 5. The molecule has 0 radical (unpaired) electrons. The number of carbonyl (C=O) groups excluding carboxylic acids is 1. The second kappa shape index (κ2) is 9.08. The Balaban J connectivity index is 1.78. The van der Waals surface area contributed by atoms with Gasteiger partial charge < -0.3 is 9.67 Å². The predicted octanol–water partition coefficient (Wildman–Crippen LogP) is 5.79. The highest BCUT2D eigenvalue weighted by Gasteiger charge is 2.21. The minimum absolute atomic E-state index is 0.130. The Morgan fingerprint density at radius 2 is 1.62 bits per heavy atom. The van der Waals surface area contributed by atoms with Crippen LogP contribution in [0.4, 0.5) is 17.1 Å². The van der Waals surface area contributed by atoms with E-state index >= 15 is 0 Å².